The van der Waals surface area contributed by atoms with Gasteiger partial charge < -0.3 is 10.1 Å². The second kappa shape index (κ2) is 8.39. The van der Waals surface area contributed by atoms with Crippen molar-refractivity contribution in [3.8, 4) is 5.75 Å². The normalized spacial score (nSPS) is 22.7. The van der Waals surface area contributed by atoms with E-state index in [1.165, 1.54) is 17.5 Å². The molecule has 1 aromatic carbocycles. The summed E-state index contributed by atoms with van der Waals surface area (Å²) in [5.41, 5.74) is 0.322. The van der Waals surface area contributed by atoms with E-state index in [-0.39, 0.29) is 22.6 Å². The van der Waals surface area contributed by atoms with Crippen LogP contribution in [-0.4, -0.2) is 44.9 Å². The van der Waals surface area contributed by atoms with E-state index in [9.17, 15) is 13.2 Å². The molecule has 0 aliphatic carbocycles. The smallest absolute Gasteiger partial charge is 0.251 e. The van der Waals surface area contributed by atoms with E-state index in [4.69, 9.17) is 4.74 Å². The number of benzene rings is 1. The lowest BCUT2D eigenvalue weighted by Gasteiger charge is -2.34. The fraction of sp³-hybridized carbons (Fsp3) is 0.632. The first-order valence-corrected chi connectivity index (χ1v) is 10.6. The lowest BCUT2D eigenvalue weighted by atomic mass is 9.94. The van der Waals surface area contributed by atoms with Crippen LogP contribution in [0, 0.1) is 11.8 Å². The van der Waals surface area contributed by atoms with E-state index < -0.39 is 10.0 Å². The largest absolute Gasteiger partial charge is 0.495 e. The molecule has 1 fully saturated rings. The molecule has 1 amide bonds. The molecule has 0 radical (unpaired) electrons. The highest BCUT2D eigenvalue weighted by Crippen LogP contribution is 2.32. The SMILES string of the molecule is CC[C@H](C)NC(=O)c1ccc(OC)c(S(=O)(=O)N2C[C@@H](C)C[C@H](C)C2)c1. The Hall–Kier alpha value is -1.60. The van der Waals surface area contributed by atoms with Crippen molar-refractivity contribution in [2.75, 3.05) is 20.2 Å². The molecule has 7 heteroatoms. The van der Waals surface area contributed by atoms with Gasteiger partial charge in [0.1, 0.15) is 10.6 Å². The number of methoxy groups -OCH3 is 1. The Morgan fingerprint density at radius 1 is 1.31 bits per heavy atom. The predicted octanol–water partition coefficient (Wildman–Crippen LogP) is 2.89. The van der Waals surface area contributed by atoms with Crippen LogP contribution in [0.3, 0.4) is 0 Å². The molecule has 1 aliphatic rings. The summed E-state index contributed by atoms with van der Waals surface area (Å²) >= 11 is 0. The molecule has 1 heterocycles. The quantitative estimate of drug-likeness (QED) is 0.821. The lowest BCUT2D eigenvalue weighted by Crippen LogP contribution is -2.42. The summed E-state index contributed by atoms with van der Waals surface area (Å²) < 4.78 is 33.2. The molecule has 1 saturated heterocycles. The van der Waals surface area contributed by atoms with Crippen molar-refractivity contribution in [2.24, 2.45) is 11.8 Å². The van der Waals surface area contributed by atoms with Crippen LogP contribution in [0.1, 0.15) is 50.9 Å². The molecular formula is C19H30N2O4S. The average molecular weight is 383 g/mol. The van der Waals surface area contributed by atoms with Gasteiger partial charge in [-0.05, 0) is 49.8 Å². The second-order valence-electron chi connectivity index (χ2n) is 7.42. The van der Waals surface area contributed by atoms with Crippen molar-refractivity contribution in [1.29, 1.82) is 0 Å². The highest BCUT2D eigenvalue weighted by Gasteiger charge is 2.34. The van der Waals surface area contributed by atoms with Gasteiger partial charge in [-0.2, -0.15) is 4.31 Å². The highest BCUT2D eigenvalue weighted by molar-refractivity contribution is 7.89. The first-order valence-electron chi connectivity index (χ1n) is 9.18. The third-order valence-electron chi connectivity index (χ3n) is 4.87. The number of nitrogens with one attached hydrogen (secondary N) is 1. The van der Waals surface area contributed by atoms with E-state index in [0.29, 0.717) is 30.5 Å². The molecule has 3 atom stereocenters. The molecule has 0 unspecified atom stereocenters. The summed E-state index contributed by atoms with van der Waals surface area (Å²) in [6.45, 7) is 8.98. The standard InChI is InChI=1S/C19H30N2O4S/c1-6-15(4)20-19(22)16-7-8-17(25-5)18(10-16)26(23,24)21-11-13(2)9-14(3)12-21/h7-8,10,13-15H,6,9,11-12H2,1-5H3,(H,20,22)/t13-,14-,15-/m0/s1. The Morgan fingerprint density at radius 2 is 1.92 bits per heavy atom. The van der Waals surface area contributed by atoms with E-state index in [0.717, 1.165) is 12.8 Å². The molecule has 2 rings (SSSR count). The van der Waals surface area contributed by atoms with Gasteiger partial charge in [-0.15, -0.1) is 0 Å². The van der Waals surface area contributed by atoms with Gasteiger partial charge in [-0.1, -0.05) is 20.8 Å². The maximum Gasteiger partial charge on any atom is 0.251 e. The molecule has 146 valence electrons. The molecule has 0 aromatic heterocycles. The number of hydrogen-bond acceptors (Lipinski definition) is 4. The minimum absolute atomic E-state index is 0.0217. The molecule has 26 heavy (non-hydrogen) atoms. The summed E-state index contributed by atoms with van der Waals surface area (Å²) in [7, 11) is -2.29. The molecular weight excluding hydrogens is 352 g/mol. The van der Waals surface area contributed by atoms with Crippen LogP contribution in [0.4, 0.5) is 0 Å². The Bertz CT molecular complexity index is 738. The second-order valence-corrected chi connectivity index (χ2v) is 9.32. The van der Waals surface area contributed by atoms with E-state index in [1.54, 1.807) is 12.1 Å². The molecule has 1 N–H and O–H groups in total. The number of carbonyl (C=O) groups excluding carboxylic acids is 1. The number of hydrogen-bond donors (Lipinski definition) is 1. The topological polar surface area (TPSA) is 75.7 Å². The van der Waals surface area contributed by atoms with Crippen molar-refractivity contribution in [3.63, 3.8) is 0 Å². The van der Waals surface area contributed by atoms with Gasteiger partial charge >= 0.3 is 0 Å². The van der Waals surface area contributed by atoms with Gasteiger partial charge in [0.25, 0.3) is 5.91 Å². The molecule has 1 aromatic rings. The fourth-order valence-corrected chi connectivity index (χ4v) is 5.23. The zero-order valence-electron chi connectivity index (χ0n) is 16.3. The van der Waals surface area contributed by atoms with Gasteiger partial charge in [0.15, 0.2) is 0 Å². The van der Waals surface area contributed by atoms with Crippen molar-refractivity contribution >= 4 is 15.9 Å². The van der Waals surface area contributed by atoms with E-state index in [1.807, 2.05) is 13.8 Å². The molecule has 1 aliphatic heterocycles. The van der Waals surface area contributed by atoms with Crippen LogP contribution in [0.15, 0.2) is 23.1 Å². The zero-order chi connectivity index (χ0) is 19.5. The van der Waals surface area contributed by atoms with Crippen LogP contribution in [0.5, 0.6) is 5.75 Å². The average Bonchev–Trinajstić information content (AvgIpc) is 2.60. The third kappa shape index (κ3) is 4.57. The Labute approximate surface area is 157 Å². The predicted molar refractivity (Wildman–Crippen MR) is 102 cm³/mol. The number of ether oxygens (including phenoxy) is 1. The van der Waals surface area contributed by atoms with Crippen LogP contribution < -0.4 is 10.1 Å². The summed E-state index contributed by atoms with van der Waals surface area (Å²) in [6.07, 6.45) is 1.82. The number of nitrogens with zero attached hydrogens (tertiary/aromatic N) is 1. The number of amides is 1. The summed E-state index contributed by atoms with van der Waals surface area (Å²) in [4.78, 5) is 12.5. The number of piperidine rings is 1. The maximum absolute atomic E-state index is 13.2. The van der Waals surface area contributed by atoms with Gasteiger partial charge in [0, 0.05) is 24.7 Å². The van der Waals surface area contributed by atoms with Crippen LogP contribution in [0.25, 0.3) is 0 Å². The van der Waals surface area contributed by atoms with Crippen LogP contribution >= 0.6 is 0 Å². The Balaban J connectivity index is 2.39. The molecule has 0 bridgehead atoms. The van der Waals surface area contributed by atoms with Gasteiger partial charge in [-0.25, -0.2) is 8.42 Å². The molecule has 0 saturated carbocycles. The monoisotopic (exact) mass is 382 g/mol. The summed E-state index contributed by atoms with van der Waals surface area (Å²) in [5, 5.41) is 2.87. The summed E-state index contributed by atoms with van der Waals surface area (Å²) in [6, 6.07) is 4.59. The van der Waals surface area contributed by atoms with E-state index in [2.05, 4.69) is 19.2 Å². The van der Waals surface area contributed by atoms with Gasteiger partial charge in [0.05, 0.1) is 7.11 Å². The summed E-state index contributed by atoms with van der Waals surface area (Å²) in [5.74, 6) is 0.586. The van der Waals surface area contributed by atoms with Gasteiger partial charge in [0.2, 0.25) is 10.0 Å². The zero-order valence-corrected chi connectivity index (χ0v) is 17.1. The third-order valence-corrected chi connectivity index (χ3v) is 6.72. The van der Waals surface area contributed by atoms with Crippen molar-refractivity contribution in [2.45, 2.75) is 51.5 Å². The van der Waals surface area contributed by atoms with Crippen molar-refractivity contribution in [1.82, 2.24) is 9.62 Å². The van der Waals surface area contributed by atoms with E-state index >= 15 is 0 Å². The Morgan fingerprint density at radius 3 is 2.46 bits per heavy atom. The minimum atomic E-state index is -3.73. The fourth-order valence-electron chi connectivity index (χ4n) is 3.37. The van der Waals surface area contributed by atoms with Crippen molar-refractivity contribution in [3.05, 3.63) is 23.8 Å². The first kappa shape index (κ1) is 20.7. The molecule has 6 nitrogen and oxygen atoms in total. The lowest BCUT2D eigenvalue weighted by molar-refractivity contribution is 0.0939. The van der Waals surface area contributed by atoms with Crippen LogP contribution in [-0.2, 0) is 10.0 Å². The van der Waals surface area contributed by atoms with Gasteiger partial charge in [-0.3, -0.25) is 4.79 Å². The first-order chi connectivity index (χ1) is 12.2. The minimum Gasteiger partial charge on any atom is -0.495 e. The number of sulfonamides is 1. The number of rotatable bonds is 6. The Kier molecular flexibility index (Phi) is 6.69. The maximum atomic E-state index is 13.2. The highest BCUT2D eigenvalue weighted by atomic mass is 32.2. The van der Waals surface area contributed by atoms with Crippen molar-refractivity contribution < 1.29 is 17.9 Å². The van der Waals surface area contributed by atoms with Crippen LogP contribution in [0.2, 0.25) is 0 Å². The number of carbonyl (C=O) groups is 1. The molecule has 0 spiro atoms.